The van der Waals surface area contributed by atoms with Gasteiger partial charge in [-0.15, -0.1) is 11.3 Å². The lowest BCUT2D eigenvalue weighted by Gasteiger charge is -2.30. The number of pyridine rings is 1. The maximum atomic E-state index is 13.7. The lowest BCUT2D eigenvalue weighted by molar-refractivity contribution is 0.103. The number of piperidine rings is 1. The third kappa shape index (κ3) is 5.20. The molecule has 3 amide bonds. The molecule has 4 aromatic rings. The van der Waals surface area contributed by atoms with E-state index in [0.29, 0.717) is 39.8 Å². The Morgan fingerprint density at radius 3 is 2.82 bits per heavy atom. The second-order valence-electron chi connectivity index (χ2n) is 10.6. The molecule has 14 heteroatoms. The molecule has 45 heavy (non-hydrogen) atoms. The average molecular weight is 647 g/mol. The highest BCUT2D eigenvalue weighted by Crippen LogP contribution is 2.53. The Morgan fingerprint density at radius 2 is 2.02 bits per heavy atom. The fraction of sp³-hybridized carbons (Fsp3) is 0.290. The number of carbonyl (C=O) groups excluding carboxylic acids is 2. The first kappa shape index (κ1) is 29.0. The first-order valence-electron chi connectivity index (χ1n) is 14.4. The molecule has 230 valence electrons. The highest BCUT2D eigenvalue weighted by atomic mass is 35.5. The minimum atomic E-state index is -0.627. The molecular weight excluding hydrogens is 620 g/mol. The van der Waals surface area contributed by atoms with Crippen molar-refractivity contribution >= 4 is 67.8 Å². The Balaban J connectivity index is 1.18. The van der Waals surface area contributed by atoms with E-state index in [4.69, 9.17) is 30.5 Å². The number of thiophene rings is 1. The van der Waals surface area contributed by atoms with Gasteiger partial charge in [-0.25, -0.2) is 9.78 Å². The summed E-state index contributed by atoms with van der Waals surface area (Å²) in [6, 6.07) is 9.89. The minimum absolute atomic E-state index is 0.0422. The molecule has 0 spiro atoms. The van der Waals surface area contributed by atoms with Crippen LogP contribution in [-0.4, -0.2) is 62.0 Å². The summed E-state index contributed by atoms with van der Waals surface area (Å²) in [4.78, 5) is 36.1. The smallest absolute Gasteiger partial charge is 0.331 e. The predicted molar refractivity (Wildman–Crippen MR) is 170 cm³/mol. The number of hydrogen-bond donors (Lipinski definition) is 2. The zero-order valence-corrected chi connectivity index (χ0v) is 25.7. The van der Waals surface area contributed by atoms with E-state index in [1.54, 1.807) is 37.4 Å². The SMILES string of the molecule is COc1cc(NC(=O)c2sc3ncc(C#N)c4c3c2NC(=O)N4c2c(Cl)ccc3c2OCO3)ccc1OCCN1CCCCC1. The van der Waals surface area contributed by atoms with E-state index in [1.165, 1.54) is 30.4 Å². The van der Waals surface area contributed by atoms with Gasteiger partial charge in [-0.2, -0.15) is 5.26 Å². The van der Waals surface area contributed by atoms with Crippen molar-refractivity contribution in [2.75, 3.05) is 55.7 Å². The number of amides is 3. The summed E-state index contributed by atoms with van der Waals surface area (Å²) < 4.78 is 22.7. The van der Waals surface area contributed by atoms with Crippen LogP contribution in [0.5, 0.6) is 23.0 Å². The topological polar surface area (TPSA) is 138 Å². The van der Waals surface area contributed by atoms with Crippen molar-refractivity contribution < 1.29 is 28.5 Å². The quantitative estimate of drug-likeness (QED) is 0.224. The molecule has 3 aliphatic rings. The van der Waals surface area contributed by atoms with E-state index in [0.717, 1.165) is 31.0 Å². The Bertz CT molecular complexity index is 1880. The van der Waals surface area contributed by atoms with Crippen molar-refractivity contribution in [3.63, 3.8) is 0 Å². The summed E-state index contributed by atoms with van der Waals surface area (Å²) >= 11 is 7.66. The monoisotopic (exact) mass is 646 g/mol. The van der Waals surface area contributed by atoms with Crippen molar-refractivity contribution in [2.45, 2.75) is 19.3 Å². The van der Waals surface area contributed by atoms with Crippen LogP contribution in [-0.2, 0) is 0 Å². The molecular formula is C31H27ClN6O6S. The van der Waals surface area contributed by atoms with Crippen LogP contribution < -0.4 is 34.5 Å². The second-order valence-corrected chi connectivity index (χ2v) is 12.0. The highest BCUT2D eigenvalue weighted by Gasteiger charge is 2.38. The molecule has 5 heterocycles. The first-order chi connectivity index (χ1) is 22.0. The number of likely N-dealkylation sites (tertiary alicyclic amines) is 1. The molecule has 0 aliphatic carbocycles. The molecule has 2 aromatic carbocycles. The van der Waals surface area contributed by atoms with Crippen LogP contribution in [0.1, 0.15) is 34.5 Å². The summed E-state index contributed by atoms with van der Waals surface area (Å²) in [6.07, 6.45) is 5.08. The van der Waals surface area contributed by atoms with Crippen LogP contribution in [0, 0.1) is 11.3 Å². The number of methoxy groups -OCH3 is 1. The largest absolute Gasteiger partial charge is 0.493 e. The Labute approximate surface area is 267 Å². The van der Waals surface area contributed by atoms with Gasteiger partial charge in [0.25, 0.3) is 5.91 Å². The fourth-order valence-electron chi connectivity index (χ4n) is 5.78. The van der Waals surface area contributed by atoms with Crippen LogP contribution in [0.3, 0.4) is 0 Å². The maximum Gasteiger partial charge on any atom is 0.331 e. The number of ether oxygens (including phenoxy) is 4. The highest BCUT2D eigenvalue weighted by molar-refractivity contribution is 7.21. The molecule has 0 bridgehead atoms. The number of benzene rings is 2. The Kier molecular flexibility index (Phi) is 7.70. The van der Waals surface area contributed by atoms with Gasteiger partial charge in [0.15, 0.2) is 23.0 Å². The van der Waals surface area contributed by atoms with Crippen LogP contribution in [0.15, 0.2) is 36.5 Å². The Hall–Kier alpha value is -4.77. The standard InChI is InChI=1S/C31H27ClN6O6S/c1-41-22-13-18(5-7-20(22)42-12-11-37-9-3-2-4-10-37)35-29(39)28-24-23-25(17(14-33)15-34-30(23)45-28)38(31(40)36-24)26-19(32)6-8-21-27(26)44-16-43-21/h5-8,13,15H,2-4,9-12,16H2,1H3,(H,35,39)(H,36,40). The van der Waals surface area contributed by atoms with Crippen molar-refractivity contribution in [3.05, 3.63) is 52.0 Å². The number of urea groups is 1. The van der Waals surface area contributed by atoms with Gasteiger partial charge in [0.1, 0.15) is 28.1 Å². The van der Waals surface area contributed by atoms with E-state index in [9.17, 15) is 14.9 Å². The molecule has 0 atom stereocenters. The molecule has 0 unspecified atom stereocenters. The molecule has 12 nitrogen and oxygen atoms in total. The number of halogens is 1. The number of aromatic nitrogens is 1. The lowest BCUT2D eigenvalue weighted by Crippen LogP contribution is -2.35. The van der Waals surface area contributed by atoms with Gasteiger partial charge in [-0.3, -0.25) is 14.6 Å². The molecule has 7 rings (SSSR count). The summed E-state index contributed by atoms with van der Waals surface area (Å²) in [6.45, 7) is 3.50. The van der Waals surface area contributed by atoms with Crippen molar-refractivity contribution in [2.24, 2.45) is 0 Å². The van der Waals surface area contributed by atoms with Crippen LogP contribution in [0.25, 0.3) is 10.2 Å². The van der Waals surface area contributed by atoms with Gasteiger partial charge in [0.05, 0.1) is 34.5 Å². The van der Waals surface area contributed by atoms with Gasteiger partial charge >= 0.3 is 6.03 Å². The summed E-state index contributed by atoms with van der Waals surface area (Å²) in [5.74, 6) is 1.28. The zero-order valence-electron chi connectivity index (χ0n) is 24.1. The number of fused-ring (bicyclic) bond motifs is 1. The number of carbonyl (C=O) groups is 2. The van der Waals surface area contributed by atoms with E-state index >= 15 is 0 Å². The zero-order chi connectivity index (χ0) is 31.1. The van der Waals surface area contributed by atoms with Gasteiger partial charge in [0.2, 0.25) is 6.79 Å². The number of nitriles is 1. The van der Waals surface area contributed by atoms with E-state index in [-0.39, 0.29) is 45.1 Å². The number of nitrogens with one attached hydrogen (secondary N) is 2. The van der Waals surface area contributed by atoms with Gasteiger partial charge in [-0.05, 0) is 50.2 Å². The minimum Gasteiger partial charge on any atom is -0.493 e. The van der Waals surface area contributed by atoms with Crippen molar-refractivity contribution in [1.29, 1.82) is 5.26 Å². The molecule has 3 aliphatic heterocycles. The van der Waals surface area contributed by atoms with Crippen molar-refractivity contribution in [1.82, 2.24) is 9.88 Å². The van der Waals surface area contributed by atoms with Crippen LogP contribution in [0.4, 0.5) is 27.5 Å². The van der Waals surface area contributed by atoms with E-state index in [2.05, 4.69) is 26.6 Å². The summed E-state index contributed by atoms with van der Waals surface area (Å²) in [5, 5.41) is 16.4. The van der Waals surface area contributed by atoms with Gasteiger partial charge < -0.3 is 29.6 Å². The number of anilines is 4. The number of rotatable bonds is 8. The van der Waals surface area contributed by atoms with Gasteiger partial charge in [-0.1, -0.05) is 18.0 Å². The molecule has 2 N–H and O–H groups in total. The first-order valence-corrected chi connectivity index (χ1v) is 15.6. The number of nitrogens with zero attached hydrogens (tertiary/aromatic N) is 4. The van der Waals surface area contributed by atoms with Crippen LogP contribution >= 0.6 is 22.9 Å². The summed E-state index contributed by atoms with van der Waals surface area (Å²) in [7, 11) is 1.54. The molecule has 2 aromatic heterocycles. The van der Waals surface area contributed by atoms with Crippen molar-refractivity contribution in [3.8, 4) is 29.1 Å². The third-order valence-electron chi connectivity index (χ3n) is 7.90. The normalized spacial score (nSPS) is 15.5. The van der Waals surface area contributed by atoms with E-state index in [1.807, 2.05) is 0 Å². The second kappa shape index (κ2) is 12.0. The maximum absolute atomic E-state index is 13.7. The molecule has 1 fully saturated rings. The van der Waals surface area contributed by atoms with Crippen LogP contribution in [0.2, 0.25) is 5.02 Å². The summed E-state index contributed by atoms with van der Waals surface area (Å²) in [5.41, 5.74) is 1.31. The third-order valence-corrected chi connectivity index (χ3v) is 9.30. The predicted octanol–water partition coefficient (Wildman–Crippen LogP) is 6.36. The molecule has 0 radical (unpaired) electrons. The molecule has 0 saturated carbocycles. The fourth-order valence-corrected chi connectivity index (χ4v) is 7.01. The molecule has 1 saturated heterocycles. The lowest BCUT2D eigenvalue weighted by atomic mass is 10.1. The number of hydrogen-bond acceptors (Lipinski definition) is 10. The van der Waals surface area contributed by atoms with Gasteiger partial charge in [0, 0.05) is 24.5 Å². The average Bonchev–Trinajstić information content (AvgIpc) is 3.68. The van der Waals surface area contributed by atoms with E-state index < -0.39 is 11.9 Å². The Morgan fingerprint density at radius 1 is 1.18 bits per heavy atom.